The van der Waals surface area contributed by atoms with E-state index in [0.29, 0.717) is 6.04 Å². The number of nitrogens with zero attached hydrogens (tertiary/aromatic N) is 1. The third kappa shape index (κ3) is 5.61. The summed E-state index contributed by atoms with van der Waals surface area (Å²) in [6, 6.07) is 1.38. The van der Waals surface area contributed by atoms with Gasteiger partial charge in [-0.2, -0.15) is 0 Å². The number of hydrogen-bond acceptors (Lipinski definition) is 2. The fraction of sp³-hybridized carbons (Fsp3) is 1.00. The molecule has 0 aromatic rings. The third-order valence-electron chi connectivity index (χ3n) is 3.12. The highest BCUT2D eigenvalue weighted by atomic mass is 15.2. The molecule has 2 heteroatoms. The molecule has 86 valence electrons. The van der Waals surface area contributed by atoms with Crippen molar-refractivity contribution in [2.24, 2.45) is 0 Å². The Labute approximate surface area is 90.1 Å². The molecule has 0 aliphatic carbocycles. The maximum atomic E-state index is 3.53. The van der Waals surface area contributed by atoms with E-state index in [-0.39, 0.29) is 0 Å². The molecule has 0 spiro atoms. The molecule has 0 aliphatic rings. The molecule has 0 rings (SSSR count). The lowest BCUT2D eigenvalue weighted by atomic mass is 10.2. The maximum absolute atomic E-state index is 3.53. The molecule has 2 unspecified atom stereocenters. The Balaban J connectivity index is 3.62. The van der Waals surface area contributed by atoms with Gasteiger partial charge in [0, 0.05) is 25.2 Å². The van der Waals surface area contributed by atoms with Crippen LogP contribution in [-0.4, -0.2) is 36.6 Å². The highest BCUT2D eigenvalue weighted by molar-refractivity contribution is 4.66. The van der Waals surface area contributed by atoms with Gasteiger partial charge in [-0.3, -0.25) is 4.90 Å². The molecule has 1 N–H and O–H groups in total. The molecule has 14 heavy (non-hydrogen) atoms. The topological polar surface area (TPSA) is 15.3 Å². The summed E-state index contributed by atoms with van der Waals surface area (Å²) in [4.78, 5) is 2.54. The SMILES string of the molecule is CCC(C)NCCN(CC)C(C)CC. The van der Waals surface area contributed by atoms with Gasteiger partial charge >= 0.3 is 0 Å². The van der Waals surface area contributed by atoms with Gasteiger partial charge in [0.15, 0.2) is 0 Å². The van der Waals surface area contributed by atoms with E-state index in [1.165, 1.54) is 19.4 Å². The Kier molecular flexibility index (Phi) is 8.20. The normalized spacial score (nSPS) is 15.9. The summed E-state index contributed by atoms with van der Waals surface area (Å²) in [6.07, 6.45) is 2.46. The fourth-order valence-electron chi connectivity index (χ4n) is 1.55. The smallest absolute Gasteiger partial charge is 0.0110 e. The van der Waals surface area contributed by atoms with Crippen LogP contribution in [0.5, 0.6) is 0 Å². The lowest BCUT2D eigenvalue weighted by Gasteiger charge is -2.27. The second kappa shape index (κ2) is 8.25. The standard InChI is InChI=1S/C12H28N2/c1-6-11(4)13-9-10-14(8-3)12(5)7-2/h11-13H,6-10H2,1-5H3. The minimum atomic E-state index is 0.658. The van der Waals surface area contributed by atoms with Crippen molar-refractivity contribution in [1.82, 2.24) is 10.2 Å². The average molecular weight is 200 g/mol. The predicted molar refractivity (Wildman–Crippen MR) is 64.8 cm³/mol. The molecule has 2 atom stereocenters. The predicted octanol–water partition coefficient (Wildman–Crippen LogP) is 2.49. The van der Waals surface area contributed by atoms with Crippen LogP contribution < -0.4 is 5.32 Å². The first-order valence-corrected chi connectivity index (χ1v) is 6.13. The van der Waals surface area contributed by atoms with Gasteiger partial charge in [0.05, 0.1) is 0 Å². The number of hydrogen-bond donors (Lipinski definition) is 1. The molecular weight excluding hydrogens is 172 g/mol. The van der Waals surface area contributed by atoms with E-state index in [1.807, 2.05) is 0 Å². The Bertz CT molecular complexity index is 125. The van der Waals surface area contributed by atoms with E-state index in [2.05, 4.69) is 44.8 Å². The minimum Gasteiger partial charge on any atom is -0.313 e. The Morgan fingerprint density at radius 1 is 1.07 bits per heavy atom. The van der Waals surface area contributed by atoms with Gasteiger partial charge in [-0.25, -0.2) is 0 Å². The van der Waals surface area contributed by atoms with Gasteiger partial charge < -0.3 is 5.32 Å². The first kappa shape index (κ1) is 13.9. The number of rotatable bonds is 8. The Morgan fingerprint density at radius 3 is 2.14 bits per heavy atom. The second-order valence-corrected chi connectivity index (χ2v) is 4.15. The van der Waals surface area contributed by atoms with Crippen LogP contribution in [0.1, 0.15) is 47.5 Å². The van der Waals surface area contributed by atoms with Crippen molar-refractivity contribution < 1.29 is 0 Å². The molecule has 0 radical (unpaired) electrons. The maximum Gasteiger partial charge on any atom is 0.0110 e. The van der Waals surface area contributed by atoms with Gasteiger partial charge in [0.2, 0.25) is 0 Å². The molecule has 2 nitrogen and oxygen atoms in total. The quantitative estimate of drug-likeness (QED) is 0.647. The summed E-state index contributed by atoms with van der Waals surface area (Å²) < 4.78 is 0. The lowest BCUT2D eigenvalue weighted by molar-refractivity contribution is 0.212. The monoisotopic (exact) mass is 200 g/mol. The van der Waals surface area contributed by atoms with Crippen LogP contribution in [0.15, 0.2) is 0 Å². The summed E-state index contributed by atoms with van der Waals surface area (Å²) in [6.45, 7) is 14.8. The van der Waals surface area contributed by atoms with Crippen molar-refractivity contribution in [3.8, 4) is 0 Å². The fourth-order valence-corrected chi connectivity index (χ4v) is 1.55. The average Bonchev–Trinajstić information content (AvgIpc) is 2.22. The zero-order valence-electron chi connectivity index (χ0n) is 10.6. The van der Waals surface area contributed by atoms with E-state index in [1.54, 1.807) is 0 Å². The van der Waals surface area contributed by atoms with Crippen LogP contribution in [0.3, 0.4) is 0 Å². The van der Waals surface area contributed by atoms with Crippen LogP contribution in [0, 0.1) is 0 Å². The molecule has 0 amide bonds. The van der Waals surface area contributed by atoms with Gasteiger partial charge in [0.25, 0.3) is 0 Å². The number of likely N-dealkylation sites (N-methyl/N-ethyl adjacent to an activating group) is 1. The molecule has 0 saturated heterocycles. The van der Waals surface area contributed by atoms with E-state index in [9.17, 15) is 0 Å². The lowest BCUT2D eigenvalue weighted by Crippen LogP contribution is -2.39. The van der Waals surface area contributed by atoms with E-state index >= 15 is 0 Å². The third-order valence-corrected chi connectivity index (χ3v) is 3.12. The molecule has 0 aromatic heterocycles. The van der Waals surface area contributed by atoms with Crippen molar-refractivity contribution in [1.29, 1.82) is 0 Å². The molecular formula is C12H28N2. The van der Waals surface area contributed by atoms with Crippen molar-refractivity contribution >= 4 is 0 Å². The van der Waals surface area contributed by atoms with E-state index in [0.717, 1.165) is 19.1 Å². The Hall–Kier alpha value is -0.0800. The van der Waals surface area contributed by atoms with Crippen LogP contribution in [0.2, 0.25) is 0 Å². The Morgan fingerprint density at radius 2 is 1.71 bits per heavy atom. The van der Waals surface area contributed by atoms with Crippen LogP contribution in [-0.2, 0) is 0 Å². The molecule has 0 fully saturated rings. The summed E-state index contributed by atoms with van der Waals surface area (Å²) >= 11 is 0. The summed E-state index contributed by atoms with van der Waals surface area (Å²) in [5.41, 5.74) is 0. The molecule has 0 aliphatic heterocycles. The first-order chi connectivity index (χ1) is 6.65. The summed E-state index contributed by atoms with van der Waals surface area (Å²) in [5, 5.41) is 3.53. The minimum absolute atomic E-state index is 0.658. The zero-order chi connectivity index (χ0) is 11.0. The zero-order valence-corrected chi connectivity index (χ0v) is 10.6. The van der Waals surface area contributed by atoms with Gasteiger partial charge in [-0.1, -0.05) is 20.8 Å². The van der Waals surface area contributed by atoms with Crippen LogP contribution in [0.4, 0.5) is 0 Å². The first-order valence-electron chi connectivity index (χ1n) is 6.13. The summed E-state index contributed by atoms with van der Waals surface area (Å²) in [7, 11) is 0. The number of nitrogens with one attached hydrogen (secondary N) is 1. The second-order valence-electron chi connectivity index (χ2n) is 4.15. The van der Waals surface area contributed by atoms with E-state index < -0.39 is 0 Å². The summed E-state index contributed by atoms with van der Waals surface area (Å²) in [5.74, 6) is 0. The molecule has 0 aromatic carbocycles. The van der Waals surface area contributed by atoms with Crippen molar-refractivity contribution in [3.05, 3.63) is 0 Å². The van der Waals surface area contributed by atoms with Gasteiger partial charge in [0.1, 0.15) is 0 Å². The van der Waals surface area contributed by atoms with Crippen molar-refractivity contribution in [2.45, 2.75) is 59.5 Å². The molecule has 0 bridgehead atoms. The highest BCUT2D eigenvalue weighted by Crippen LogP contribution is 2.01. The van der Waals surface area contributed by atoms with Crippen molar-refractivity contribution in [2.75, 3.05) is 19.6 Å². The van der Waals surface area contributed by atoms with Crippen molar-refractivity contribution in [3.63, 3.8) is 0 Å². The molecule has 0 saturated carbocycles. The van der Waals surface area contributed by atoms with Gasteiger partial charge in [-0.15, -0.1) is 0 Å². The van der Waals surface area contributed by atoms with E-state index in [4.69, 9.17) is 0 Å². The molecule has 0 heterocycles. The largest absolute Gasteiger partial charge is 0.313 e. The van der Waals surface area contributed by atoms with Crippen LogP contribution >= 0.6 is 0 Å². The van der Waals surface area contributed by atoms with Gasteiger partial charge in [-0.05, 0) is 33.2 Å². The highest BCUT2D eigenvalue weighted by Gasteiger charge is 2.09. The van der Waals surface area contributed by atoms with Crippen LogP contribution in [0.25, 0.3) is 0 Å².